The molecule has 0 aromatic rings. The molecule has 0 heterocycles. The molecule has 410 valence electrons. The van der Waals surface area contributed by atoms with Crippen LogP contribution in [-0.4, -0.2) is 37.2 Å². The van der Waals surface area contributed by atoms with Crippen LogP contribution in [0.2, 0.25) is 0 Å². The van der Waals surface area contributed by atoms with Crippen molar-refractivity contribution in [3.8, 4) is 0 Å². The van der Waals surface area contributed by atoms with Gasteiger partial charge in [-0.1, -0.05) is 263 Å². The predicted octanol–water partition coefficient (Wildman–Crippen LogP) is 20.8. The van der Waals surface area contributed by atoms with E-state index >= 15 is 0 Å². The molecule has 6 heteroatoms. The molecule has 6 nitrogen and oxygen atoms in total. The van der Waals surface area contributed by atoms with Gasteiger partial charge in [0.05, 0.1) is 0 Å². The standard InChI is InChI=1S/C64H118O6/c1-4-7-10-13-16-19-22-24-26-28-30-32-34-36-38-40-42-45-48-51-54-57-63(66)69-60-61(59-68-62(65)56-53-50-47-44-21-18-15-12-9-6-3)70-64(67)58-55-52-49-46-43-41-39-37-35-33-31-29-27-25-23-20-17-14-11-8-5-2/h12,15,28-31,61H,4-11,13-14,16-27,32-60H2,1-3H3/b15-12-,30-28-,31-29-. The number of allylic oxidation sites excluding steroid dienone is 6. The van der Waals surface area contributed by atoms with Crippen molar-refractivity contribution < 1.29 is 28.6 Å². The molecule has 0 radical (unpaired) electrons. The van der Waals surface area contributed by atoms with E-state index in [0.29, 0.717) is 19.3 Å². The fourth-order valence-corrected chi connectivity index (χ4v) is 9.14. The van der Waals surface area contributed by atoms with Crippen molar-refractivity contribution >= 4 is 17.9 Å². The second-order valence-electron chi connectivity index (χ2n) is 21.0. The molecule has 0 aromatic carbocycles. The van der Waals surface area contributed by atoms with Crippen molar-refractivity contribution in [1.29, 1.82) is 0 Å². The van der Waals surface area contributed by atoms with Gasteiger partial charge in [-0.15, -0.1) is 0 Å². The molecule has 0 aliphatic rings. The van der Waals surface area contributed by atoms with E-state index in [4.69, 9.17) is 14.2 Å². The van der Waals surface area contributed by atoms with E-state index in [9.17, 15) is 14.4 Å². The Morgan fingerprint density at radius 2 is 0.500 bits per heavy atom. The molecular formula is C64H118O6. The normalized spacial score (nSPS) is 12.2. The molecule has 1 unspecified atom stereocenters. The van der Waals surface area contributed by atoms with Gasteiger partial charge in [0.15, 0.2) is 6.10 Å². The Morgan fingerprint density at radius 3 is 0.771 bits per heavy atom. The number of hydrogen-bond donors (Lipinski definition) is 0. The second-order valence-corrected chi connectivity index (χ2v) is 21.0. The zero-order chi connectivity index (χ0) is 50.7. The molecule has 1 atom stereocenters. The van der Waals surface area contributed by atoms with Crippen molar-refractivity contribution in [1.82, 2.24) is 0 Å². The Bertz CT molecular complexity index is 1170. The molecule has 0 rings (SSSR count). The van der Waals surface area contributed by atoms with E-state index in [1.54, 1.807) is 0 Å². The van der Waals surface area contributed by atoms with Gasteiger partial charge in [-0.2, -0.15) is 0 Å². The Morgan fingerprint density at radius 1 is 0.271 bits per heavy atom. The highest BCUT2D eigenvalue weighted by Crippen LogP contribution is 2.17. The molecule has 0 fully saturated rings. The lowest BCUT2D eigenvalue weighted by atomic mass is 10.1. The monoisotopic (exact) mass is 983 g/mol. The second kappa shape index (κ2) is 59.2. The van der Waals surface area contributed by atoms with Gasteiger partial charge in [-0.05, 0) is 89.9 Å². The van der Waals surface area contributed by atoms with Crippen molar-refractivity contribution in [2.45, 2.75) is 341 Å². The maximum absolute atomic E-state index is 12.9. The number of rotatable bonds is 57. The average Bonchev–Trinajstić information content (AvgIpc) is 3.36. The number of unbranched alkanes of at least 4 members (excludes halogenated alkanes) is 40. The number of hydrogen-bond acceptors (Lipinski definition) is 6. The number of carbonyl (C=O) groups excluding carboxylic acids is 3. The van der Waals surface area contributed by atoms with Crippen LogP contribution >= 0.6 is 0 Å². The minimum atomic E-state index is -0.776. The maximum atomic E-state index is 12.9. The van der Waals surface area contributed by atoms with E-state index < -0.39 is 6.10 Å². The topological polar surface area (TPSA) is 78.9 Å². The Hall–Kier alpha value is -2.37. The van der Waals surface area contributed by atoms with E-state index in [1.807, 2.05) is 0 Å². The molecule has 0 aliphatic heterocycles. The zero-order valence-corrected chi connectivity index (χ0v) is 47.1. The van der Waals surface area contributed by atoms with E-state index in [2.05, 4.69) is 57.2 Å². The van der Waals surface area contributed by atoms with Crippen LogP contribution < -0.4 is 0 Å². The quantitative estimate of drug-likeness (QED) is 0.0261. The molecule has 0 aliphatic carbocycles. The van der Waals surface area contributed by atoms with Crippen LogP contribution in [0.5, 0.6) is 0 Å². The highest BCUT2D eigenvalue weighted by Gasteiger charge is 2.19. The summed E-state index contributed by atoms with van der Waals surface area (Å²) in [6.07, 6.45) is 71.6. The molecule has 70 heavy (non-hydrogen) atoms. The summed E-state index contributed by atoms with van der Waals surface area (Å²) >= 11 is 0. The molecule has 0 spiro atoms. The Kier molecular flexibility index (Phi) is 57.2. The fraction of sp³-hybridized carbons (Fsp3) is 0.859. The summed E-state index contributed by atoms with van der Waals surface area (Å²) in [5, 5.41) is 0. The van der Waals surface area contributed by atoms with Crippen LogP contribution in [-0.2, 0) is 28.6 Å². The summed E-state index contributed by atoms with van der Waals surface area (Å²) < 4.78 is 16.9. The van der Waals surface area contributed by atoms with Gasteiger partial charge in [-0.3, -0.25) is 14.4 Å². The van der Waals surface area contributed by atoms with Crippen LogP contribution in [0.15, 0.2) is 36.5 Å². The summed E-state index contributed by atoms with van der Waals surface area (Å²) in [7, 11) is 0. The van der Waals surface area contributed by atoms with Gasteiger partial charge in [0.1, 0.15) is 13.2 Å². The minimum absolute atomic E-state index is 0.0742. The van der Waals surface area contributed by atoms with Gasteiger partial charge in [-0.25, -0.2) is 0 Å². The highest BCUT2D eigenvalue weighted by molar-refractivity contribution is 5.71. The number of carbonyl (C=O) groups is 3. The summed E-state index contributed by atoms with van der Waals surface area (Å²) in [6, 6.07) is 0. The van der Waals surface area contributed by atoms with Gasteiger partial charge < -0.3 is 14.2 Å². The lowest BCUT2D eigenvalue weighted by molar-refractivity contribution is -0.167. The lowest BCUT2D eigenvalue weighted by Crippen LogP contribution is -2.30. The van der Waals surface area contributed by atoms with Crippen LogP contribution in [0, 0.1) is 0 Å². The average molecular weight is 984 g/mol. The minimum Gasteiger partial charge on any atom is -0.462 e. The van der Waals surface area contributed by atoms with E-state index in [-0.39, 0.29) is 31.1 Å². The number of ether oxygens (including phenoxy) is 3. The molecular weight excluding hydrogens is 865 g/mol. The first-order chi connectivity index (χ1) is 34.5. The van der Waals surface area contributed by atoms with Gasteiger partial charge >= 0.3 is 17.9 Å². The van der Waals surface area contributed by atoms with E-state index in [1.165, 1.54) is 225 Å². The smallest absolute Gasteiger partial charge is 0.306 e. The van der Waals surface area contributed by atoms with Crippen molar-refractivity contribution in [3.05, 3.63) is 36.5 Å². The van der Waals surface area contributed by atoms with Gasteiger partial charge in [0.25, 0.3) is 0 Å². The van der Waals surface area contributed by atoms with Crippen molar-refractivity contribution in [2.24, 2.45) is 0 Å². The Labute approximate surface area is 435 Å². The fourth-order valence-electron chi connectivity index (χ4n) is 9.14. The third-order valence-corrected chi connectivity index (χ3v) is 13.8. The first kappa shape index (κ1) is 67.6. The largest absolute Gasteiger partial charge is 0.462 e. The SMILES string of the molecule is CCC/C=C\CCCCCCCC(=O)OCC(COC(=O)CCCCCCCCCCC/C=C\CCCCCCCCCC)OC(=O)CCCCCCCCCCC/C=C\CCCCCCCCCC. The molecule has 0 saturated heterocycles. The van der Waals surface area contributed by atoms with Crippen LogP contribution in [0.1, 0.15) is 335 Å². The number of esters is 3. The summed E-state index contributed by atoms with van der Waals surface area (Å²) in [5.74, 6) is -0.872. The van der Waals surface area contributed by atoms with Gasteiger partial charge in [0, 0.05) is 19.3 Å². The summed E-state index contributed by atoms with van der Waals surface area (Å²) in [4.78, 5) is 38.2. The lowest BCUT2D eigenvalue weighted by Gasteiger charge is -2.18. The third-order valence-electron chi connectivity index (χ3n) is 13.8. The van der Waals surface area contributed by atoms with Crippen LogP contribution in [0.3, 0.4) is 0 Å². The van der Waals surface area contributed by atoms with Crippen LogP contribution in [0.25, 0.3) is 0 Å². The molecule has 0 bridgehead atoms. The Balaban J connectivity index is 4.24. The van der Waals surface area contributed by atoms with Gasteiger partial charge in [0.2, 0.25) is 0 Å². The predicted molar refractivity (Wildman–Crippen MR) is 302 cm³/mol. The zero-order valence-electron chi connectivity index (χ0n) is 47.1. The molecule has 0 aromatic heterocycles. The first-order valence-electron chi connectivity index (χ1n) is 31.0. The third kappa shape index (κ3) is 56.5. The maximum Gasteiger partial charge on any atom is 0.306 e. The van der Waals surface area contributed by atoms with Crippen molar-refractivity contribution in [2.75, 3.05) is 13.2 Å². The highest BCUT2D eigenvalue weighted by atomic mass is 16.6. The molecule has 0 amide bonds. The van der Waals surface area contributed by atoms with Crippen LogP contribution in [0.4, 0.5) is 0 Å². The molecule has 0 N–H and O–H groups in total. The van der Waals surface area contributed by atoms with Crippen molar-refractivity contribution in [3.63, 3.8) is 0 Å². The molecule has 0 saturated carbocycles. The van der Waals surface area contributed by atoms with E-state index in [0.717, 1.165) is 70.6 Å². The first-order valence-corrected chi connectivity index (χ1v) is 31.0. The summed E-state index contributed by atoms with van der Waals surface area (Å²) in [6.45, 7) is 6.61. The summed E-state index contributed by atoms with van der Waals surface area (Å²) in [5.41, 5.74) is 0.